The predicted molar refractivity (Wildman–Crippen MR) is 74.0 cm³/mol. The lowest BCUT2D eigenvalue weighted by Crippen LogP contribution is -3.15. The van der Waals surface area contributed by atoms with Gasteiger partial charge in [0, 0.05) is 12.8 Å². The van der Waals surface area contributed by atoms with Gasteiger partial charge < -0.3 is 19.9 Å². The topological polar surface area (TPSA) is 64.8 Å². The summed E-state index contributed by atoms with van der Waals surface area (Å²) in [6.07, 6.45) is 6.01. The van der Waals surface area contributed by atoms with E-state index in [0.717, 1.165) is 12.1 Å². The number of carbonyl (C=O) groups excluding carboxylic acids is 1. The van der Waals surface area contributed by atoms with Crippen LogP contribution in [0.5, 0.6) is 0 Å². The van der Waals surface area contributed by atoms with Gasteiger partial charge in [-0.15, -0.1) is 0 Å². The van der Waals surface area contributed by atoms with Crippen LogP contribution in [0.3, 0.4) is 0 Å². The molecule has 110 valence electrons. The molecular weight excluding hydrogens is 254 g/mol. The van der Waals surface area contributed by atoms with Crippen molar-refractivity contribution in [2.45, 2.75) is 50.3 Å². The lowest BCUT2D eigenvalue weighted by Gasteiger charge is -2.27. The number of quaternary nitrogens is 1. The molecule has 2 aliphatic rings. The van der Waals surface area contributed by atoms with E-state index in [2.05, 4.69) is 7.05 Å². The summed E-state index contributed by atoms with van der Waals surface area (Å²) in [4.78, 5) is 12.0. The first kappa shape index (κ1) is 15.0. The maximum absolute atomic E-state index is 10.1. The number of carbonyl (C=O) groups is 1. The fourth-order valence-electron chi connectivity index (χ4n) is 3.32. The van der Waals surface area contributed by atoms with E-state index in [-0.39, 0.29) is 0 Å². The Kier molecular flexibility index (Phi) is 5.15. The average molecular weight is 277 g/mol. The van der Waals surface area contributed by atoms with Crippen LogP contribution in [0.2, 0.25) is 0 Å². The van der Waals surface area contributed by atoms with Gasteiger partial charge in [0.1, 0.15) is 6.10 Å². The predicted octanol–water partition coefficient (Wildman–Crippen LogP) is -0.314. The van der Waals surface area contributed by atoms with E-state index >= 15 is 0 Å². The van der Waals surface area contributed by atoms with Gasteiger partial charge in [-0.25, -0.2) is 0 Å². The molecule has 2 bridgehead atoms. The molecule has 1 aromatic rings. The van der Waals surface area contributed by atoms with Gasteiger partial charge >= 0.3 is 0 Å². The number of benzene rings is 1. The van der Waals surface area contributed by atoms with Crippen molar-refractivity contribution < 1.29 is 19.9 Å². The molecule has 2 N–H and O–H groups in total. The van der Waals surface area contributed by atoms with Crippen LogP contribution in [0.1, 0.15) is 43.8 Å². The maximum atomic E-state index is 10.1. The second-order valence-electron chi connectivity index (χ2n) is 5.78. The highest BCUT2D eigenvalue weighted by atomic mass is 16.4. The molecule has 0 radical (unpaired) electrons. The van der Waals surface area contributed by atoms with Gasteiger partial charge in [0.25, 0.3) is 0 Å². The number of hydrogen-bond donors (Lipinski definition) is 2. The van der Waals surface area contributed by atoms with Crippen molar-refractivity contribution in [2.75, 3.05) is 7.05 Å². The fraction of sp³-hybridized carbons (Fsp3) is 0.562. The normalized spacial score (nSPS) is 29.2. The summed E-state index contributed by atoms with van der Waals surface area (Å²) < 4.78 is 0. The molecule has 2 unspecified atom stereocenters. The molecule has 2 saturated heterocycles. The van der Waals surface area contributed by atoms with E-state index in [1.165, 1.54) is 44.2 Å². The number of aliphatic carboxylic acids is 1. The maximum Gasteiger partial charge on any atom is 0.118 e. The number of carboxylic acids is 1. The minimum absolute atomic E-state index is 0.340. The Hall–Kier alpha value is -1.39. The van der Waals surface area contributed by atoms with Crippen molar-refractivity contribution in [1.82, 2.24) is 0 Å². The lowest BCUT2D eigenvalue weighted by atomic mass is 10.0. The second-order valence-corrected chi connectivity index (χ2v) is 5.78. The van der Waals surface area contributed by atoms with Gasteiger partial charge in [-0.3, -0.25) is 0 Å². The molecule has 1 aromatic carbocycles. The van der Waals surface area contributed by atoms with Crippen LogP contribution in [0.25, 0.3) is 0 Å². The standard InChI is InChI=1S/C8H15N.C8H8O3/c1-9-7-3-2-4-8(9)6-5-7;9-7(8(10)11)6-4-2-1-3-5-6/h7-8H,2-6H2,1H3;1-5,7,9H,(H,10,11)/t7-,8+;. The number of carboxylic acid groups (broad SMARTS) is 1. The quantitative estimate of drug-likeness (QED) is 0.779. The molecule has 0 aliphatic carbocycles. The van der Waals surface area contributed by atoms with Gasteiger partial charge in [0.15, 0.2) is 0 Å². The Morgan fingerprint density at radius 1 is 1.20 bits per heavy atom. The molecule has 0 amide bonds. The molecule has 0 aromatic heterocycles. The highest BCUT2D eigenvalue weighted by Crippen LogP contribution is 2.21. The molecule has 0 saturated carbocycles. The molecule has 2 aliphatic heterocycles. The smallest absolute Gasteiger partial charge is 0.118 e. The van der Waals surface area contributed by atoms with E-state index in [9.17, 15) is 9.90 Å². The molecule has 20 heavy (non-hydrogen) atoms. The SMILES string of the molecule is C[NH+]1[C@@H]2CCC[C@H]1CC2.O=C([O-])C(O)c1ccccc1. The van der Waals surface area contributed by atoms with Crippen molar-refractivity contribution in [1.29, 1.82) is 0 Å². The third kappa shape index (κ3) is 3.58. The van der Waals surface area contributed by atoms with E-state index < -0.39 is 12.1 Å². The van der Waals surface area contributed by atoms with Crippen LogP contribution < -0.4 is 10.0 Å². The highest BCUT2D eigenvalue weighted by Gasteiger charge is 2.37. The Morgan fingerprint density at radius 2 is 1.75 bits per heavy atom. The molecule has 4 nitrogen and oxygen atoms in total. The molecule has 4 atom stereocenters. The van der Waals surface area contributed by atoms with Crippen LogP contribution in [-0.4, -0.2) is 30.2 Å². The van der Waals surface area contributed by atoms with Crippen LogP contribution in [-0.2, 0) is 4.79 Å². The van der Waals surface area contributed by atoms with E-state index in [0.29, 0.717) is 5.56 Å². The van der Waals surface area contributed by atoms with E-state index in [1.54, 1.807) is 18.2 Å². The second kappa shape index (κ2) is 6.86. The summed E-state index contributed by atoms with van der Waals surface area (Å²) in [5, 5.41) is 19.1. The summed E-state index contributed by atoms with van der Waals surface area (Å²) in [6.45, 7) is 0. The third-order valence-electron chi connectivity index (χ3n) is 4.60. The molecule has 2 heterocycles. The van der Waals surface area contributed by atoms with Gasteiger partial charge in [0.2, 0.25) is 0 Å². The number of hydrogen-bond acceptors (Lipinski definition) is 3. The molecule has 2 fully saturated rings. The zero-order valence-corrected chi connectivity index (χ0v) is 11.9. The minimum Gasteiger partial charge on any atom is -0.547 e. The number of fused-ring (bicyclic) bond motifs is 2. The van der Waals surface area contributed by atoms with E-state index in [4.69, 9.17) is 5.11 Å². The Balaban J connectivity index is 0.000000149. The van der Waals surface area contributed by atoms with Crippen molar-refractivity contribution in [3.8, 4) is 0 Å². The number of nitrogens with one attached hydrogen (secondary N) is 1. The zero-order valence-electron chi connectivity index (χ0n) is 11.9. The number of rotatable bonds is 2. The summed E-state index contributed by atoms with van der Waals surface area (Å²) in [5.41, 5.74) is 0.340. The summed E-state index contributed by atoms with van der Waals surface area (Å²) in [6, 6.07) is 10.2. The largest absolute Gasteiger partial charge is 0.547 e. The zero-order chi connectivity index (χ0) is 14.5. The first-order valence-corrected chi connectivity index (χ1v) is 7.36. The van der Waals surface area contributed by atoms with Crippen LogP contribution in [0.4, 0.5) is 0 Å². The van der Waals surface area contributed by atoms with Gasteiger partial charge in [-0.1, -0.05) is 30.3 Å². The first-order valence-electron chi connectivity index (χ1n) is 7.36. The Labute approximate surface area is 120 Å². The average Bonchev–Trinajstić information content (AvgIpc) is 2.69. The van der Waals surface area contributed by atoms with Crippen LogP contribution >= 0.6 is 0 Å². The van der Waals surface area contributed by atoms with Crippen LogP contribution in [0, 0.1) is 0 Å². The highest BCUT2D eigenvalue weighted by molar-refractivity contribution is 5.71. The molecule has 3 rings (SSSR count). The molecular formula is C16H23NO3. The van der Waals surface area contributed by atoms with Crippen molar-refractivity contribution in [3.63, 3.8) is 0 Å². The Bertz CT molecular complexity index is 419. The van der Waals surface area contributed by atoms with Gasteiger partial charge in [-0.2, -0.15) is 0 Å². The van der Waals surface area contributed by atoms with Crippen molar-refractivity contribution in [2.24, 2.45) is 0 Å². The Morgan fingerprint density at radius 3 is 2.20 bits per heavy atom. The fourth-order valence-corrected chi connectivity index (χ4v) is 3.32. The minimum atomic E-state index is -1.52. The van der Waals surface area contributed by atoms with Gasteiger partial charge in [0.05, 0.1) is 25.1 Å². The summed E-state index contributed by atoms with van der Waals surface area (Å²) in [5.74, 6) is -1.48. The summed E-state index contributed by atoms with van der Waals surface area (Å²) in [7, 11) is 2.38. The number of aliphatic hydroxyl groups is 1. The lowest BCUT2D eigenvalue weighted by molar-refractivity contribution is -0.922. The molecule has 4 heteroatoms. The van der Waals surface area contributed by atoms with Gasteiger partial charge in [-0.05, 0) is 24.8 Å². The number of aliphatic hydroxyl groups excluding tert-OH is 1. The monoisotopic (exact) mass is 277 g/mol. The molecule has 0 spiro atoms. The third-order valence-corrected chi connectivity index (χ3v) is 4.60. The van der Waals surface area contributed by atoms with Crippen molar-refractivity contribution >= 4 is 5.97 Å². The van der Waals surface area contributed by atoms with Crippen molar-refractivity contribution in [3.05, 3.63) is 35.9 Å². The number of piperidine rings is 1. The van der Waals surface area contributed by atoms with E-state index in [1.807, 2.05) is 4.90 Å². The first-order chi connectivity index (χ1) is 9.59. The van der Waals surface area contributed by atoms with Crippen LogP contribution in [0.15, 0.2) is 30.3 Å². The summed E-state index contributed by atoms with van der Waals surface area (Å²) >= 11 is 0.